The smallest absolute Gasteiger partial charge is 0.307 e. The summed E-state index contributed by atoms with van der Waals surface area (Å²) >= 11 is 0. The van der Waals surface area contributed by atoms with Crippen molar-refractivity contribution in [3.05, 3.63) is 0 Å². The topological polar surface area (TPSA) is 81.4 Å². The number of hydrogen-bond acceptors (Lipinski definition) is 4. The quantitative estimate of drug-likeness (QED) is 0.584. The lowest BCUT2D eigenvalue weighted by Crippen LogP contribution is -2.28. The number of esters is 1. The molecule has 0 saturated heterocycles. The van der Waals surface area contributed by atoms with Crippen molar-refractivity contribution in [3.63, 3.8) is 0 Å². The van der Waals surface area contributed by atoms with Gasteiger partial charge in [0.05, 0.1) is 13.5 Å². The molecule has 1 atom stereocenters. The van der Waals surface area contributed by atoms with Crippen molar-refractivity contribution in [2.24, 2.45) is 5.73 Å². The molecule has 0 radical (unpaired) electrons. The van der Waals surface area contributed by atoms with Crippen molar-refractivity contribution in [2.75, 3.05) is 13.7 Å². The van der Waals surface area contributed by atoms with Crippen LogP contribution in [0.4, 0.5) is 0 Å². The molecular weight excluding hydrogens is 184 g/mol. The molecule has 0 rings (SSSR count). The zero-order valence-corrected chi connectivity index (χ0v) is 8.71. The zero-order valence-electron chi connectivity index (χ0n) is 8.71. The summed E-state index contributed by atoms with van der Waals surface area (Å²) in [7, 11) is 1.32. The molecule has 0 bridgehead atoms. The molecule has 5 heteroatoms. The average Bonchev–Trinajstić information content (AvgIpc) is 2.14. The van der Waals surface area contributed by atoms with E-state index < -0.39 is 0 Å². The molecule has 1 unspecified atom stereocenters. The highest BCUT2D eigenvalue weighted by atomic mass is 16.5. The number of hydrogen-bond donors (Lipinski definition) is 2. The highest BCUT2D eigenvalue weighted by molar-refractivity contribution is 5.77. The van der Waals surface area contributed by atoms with E-state index in [4.69, 9.17) is 5.73 Å². The van der Waals surface area contributed by atoms with Crippen LogP contribution in [0, 0.1) is 0 Å². The number of rotatable bonds is 6. The maximum Gasteiger partial charge on any atom is 0.307 e. The molecule has 0 aliphatic rings. The van der Waals surface area contributed by atoms with E-state index in [-0.39, 0.29) is 24.3 Å². The van der Waals surface area contributed by atoms with Gasteiger partial charge in [0.15, 0.2) is 0 Å². The second-order valence-corrected chi connectivity index (χ2v) is 3.19. The Bertz CT molecular complexity index is 192. The van der Waals surface area contributed by atoms with Gasteiger partial charge in [-0.3, -0.25) is 9.59 Å². The molecule has 0 spiro atoms. The standard InChI is InChI=1S/C9H18N2O3/c1-7(10)3-4-8(12)11-6-5-9(13)14-2/h7H,3-6,10H2,1-2H3,(H,11,12). The fraction of sp³-hybridized carbons (Fsp3) is 0.778. The van der Waals surface area contributed by atoms with E-state index in [9.17, 15) is 9.59 Å². The van der Waals surface area contributed by atoms with Crippen LogP contribution in [0.3, 0.4) is 0 Å². The Kier molecular flexibility index (Phi) is 6.74. The monoisotopic (exact) mass is 202 g/mol. The third-order valence-electron chi connectivity index (χ3n) is 1.71. The van der Waals surface area contributed by atoms with Gasteiger partial charge in [-0.15, -0.1) is 0 Å². The molecular formula is C9H18N2O3. The Morgan fingerprint density at radius 1 is 1.43 bits per heavy atom. The summed E-state index contributed by atoms with van der Waals surface area (Å²) in [6.07, 6.45) is 1.27. The normalized spacial score (nSPS) is 11.9. The molecule has 14 heavy (non-hydrogen) atoms. The number of methoxy groups -OCH3 is 1. The predicted octanol–water partition coefficient (Wildman–Crippen LogP) is -0.207. The van der Waals surface area contributed by atoms with E-state index in [1.165, 1.54) is 7.11 Å². The van der Waals surface area contributed by atoms with Crippen molar-refractivity contribution >= 4 is 11.9 Å². The van der Waals surface area contributed by atoms with Crippen LogP contribution < -0.4 is 11.1 Å². The Balaban J connectivity index is 3.40. The van der Waals surface area contributed by atoms with Crippen molar-refractivity contribution in [1.82, 2.24) is 5.32 Å². The SMILES string of the molecule is COC(=O)CCNC(=O)CCC(C)N. The minimum absolute atomic E-state index is 0.0290. The van der Waals surface area contributed by atoms with Crippen LogP contribution in [0.1, 0.15) is 26.2 Å². The Labute approximate surface area is 84.0 Å². The first-order valence-corrected chi connectivity index (χ1v) is 4.65. The van der Waals surface area contributed by atoms with Crippen molar-refractivity contribution in [1.29, 1.82) is 0 Å². The summed E-state index contributed by atoms with van der Waals surface area (Å²) in [4.78, 5) is 21.8. The molecule has 0 aliphatic carbocycles. The minimum atomic E-state index is -0.322. The van der Waals surface area contributed by atoms with Crippen LogP contribution in [0.5, 0.6) is 0 Å². The summed E-state index contributed by atoms with van der Waals surface area (Å²) in [6, 6.07) is 0.0290. The largest absolute Gasteiger partial charge is 0.469 e. The van der Waals surface area contributed by atoms with Gasteiger partial charge >= 0.3 is 5.97 Å². The van der Waals surface area contributed by atoms with Crippen LogP contribution in [-0.4, -0.2) is 31.6 Å². The van der Waals surface area contributed by atoms with E-state index in [0.29, 0.717) is 19.4 Å². The van der Waals surface area contributed by atoms with Crippen molar-refractivity contribution in [3.8, 4) is 0 Å². The van der Waals surface area contributed by atoms with Gasteiger partial charge in [-0.25, -0.2) is 0 Å². The van der Waals surface area contributed by atoms with Crippen LogP contribution in [0.15, 0.2) is 0 Å². The maximum absolute atomic E-state index is 11.1. The highest BCUT2D eigenvalue weighted by Crippen LogP contribution is 1.92. The lowest BCUT2D eigenvalue weighted by Gasteiger charge is -2.05. The minimum Gasteiger partial charge on any atom is -0.469 e. The zero-order chi connectivity index (χ0) is 11.0. The molecule has 0 saturated carbocycles. The molecule has 0 aliphatic heterocycles. The van der Waals surface area contributed by atoms with Crippen LogP contribution in [0.25, 0.3) is 0 Å². The lowest BCUT2D eigenvalue weighted by atomic mass is 10.2. The number of nitrogens with one attached hydrogen (secondary N) is 1. The van der Waals surface area contributed by atoms with Crippen molar-refractivity contribution in [2.45, 2.75) is 32.2 Å². The Morgan fingerprint density at radius 3 is 2.57 bits per heavy atom. The summed E-state index contributed by atoms with van der Waals surface area (Å²) < 4.78 is 4.42. The van der Waals surface area contributed by atoms with E-state index in [1.807, 2.05) is 6.92 Å². The van der Waals surface area contributed by atoms with Gasteiger partial charge in [0.25, 0.3) is 0 Å². The van der Waals surface area contributed by atoms with Gasteiger partial charge in [0.1, 0.15) is 0 Å². The van der Waals surface area contributed by atoms with E-state index in [2.05, 4.69) is 10.1 Å². The van der Waals surface area contributed by atoms with Crippen LogP contribution in [0.2, 0.25) is 0 Å². The fourth-order valence-electron chi connectivity index (χ4n) is 0.853. The number of carbonyl (C=O) groups excluding carboxylic acids is 2. The van der Waals surface area contributed by atoms with Gasteiger partial charge in [0.2, 0.25) is 5.91 Å². The fourth-order valence-corrected chi connectivity index (χ4v) is 0.853. The van der Waals surface area contributed by atoms with Gasteiger partial charge in [0, 0.05) is 19.0 Å². The van der Waals surface area contributed by atoms with E-state index in [0.717, 1.165) is 0 Å². The molecule has 0 aromatic carbocycles. The second-order valence-electron chi connectivity index (χ2n) is 3.19. The highest BCUT2D eigenvalue weighted by Gasteiger charge is 2.04. The number of amides is 1. The summed E-state index contributed by atoms with van der Waals surface area (Å²) in [5.74, 6) is -0.399. The van der Waals surface area contributed by atoms with Gasteiger partial charge in [-0.05, 0) is 13.3 Å². The third kappa shape index (κ3) is 7.54. The number of carbonyl (C=O) groups is 2. The summed E-state index contributed by atoms with van der Waals surface area (Å²) in [6.45, 7) is 2.17. The van der Waals surface area contributed by atoms with Crippen molar-refractivity contribution < 1.29 is 14.3 Å². The second kappa shape index (κ2) is 7.32. The number of ether oxygens (including phenoxy) is 1. The third-order valence-corrected chi connectivity index (χ3v) is 1.71. The molecule has 0 heterocycles. The summed E-state index contributed by atoms with van der Waals surface area (Å²) in [5, 5.41) is 2.61. The first kappa shape index (κ1) is 12.9. The number of nitrogens with two attached hydrogens (primary N) is 1. The van der Waals surface area contributed by atoms with E-state index >= 15 is 0 Å². The molecule has 5 nitrogen and oxygen atoms in total. The van der Waals surface area contributed by atoms with Gasteiger partial charge in [-0.1, -0.05) is 0 Å². The molecule has 82 valence electrons. The van der Waals surface area contributed by atoms with Crippen LogP contribution in [-0.2, 0) is 14.3 Å². The first-order chi connectivity index (χ1) is 6.56. The summed E-state index contributed by atoms with van der Waals surface area (Å²) in [5.41, 5.74) is 5.49. The Morgan fingerprint density at radius 2 is 2.07 bits per heavy atom. The van der Waals surface area contributed by atoms with Crippen LogP contribution >= 0.6 is 0 Å². The molecule has 1 amide bonds. The molecule has 3 N–H and O–H groups in total. The van der Waals surface area contributed by atoms with Gasteiger partial charge in [-0.2, -0.15) is 0 Å². The average molecular weight is 202 g/mol. The maximum atomic E-state index is 11.1. The predicted molar refractivity (Wildman–Crippen MR) is 52.5 cm³/mol. The van der Waals surface area contributed by atoms with Gasteiger partial charge < -0.3 is 15.8 Å². The molecule has 0 aromatic heterocycles. The van der Waals surface area contributed by atoms with E-state index in [1.54, 1.807) is 0 Å². The Hall–Kier alpha value is -1.10. The molecule has 0 fully saturated rings. The first-order valence-electron chi connectivity index (χ1n) is 4.65. The molecule has 0 aromatic rings. The lowest BCUT2D eigenvalue weighted by molar-refractivity contribution is -0.140.